The molecule has 0 aromatic heterocycles. The molecule has 2 aliphatic rings. The number of thioether (sulfide) groups is 1. The highest BCUT2D eigenvalue weighted by atomic mass is 32.2. The van der Waals surface area contributed by atoms with Gasteiger partial charge < -0.3 is 10.2 Å². The number of carbonyl (C=O) groups excluding carboxylic acids is 1. The monoisotopic (exact) mass is 330 g/mol. The van der Waals surface area contributed by atoms with Crippen molar-refractivity contribution in [3.63, 3.8) is 0 Å². The highest BCUT2D eigenvalue weighted by Crippen LogP contribution is 2.38. The van der Waals surface area contributed by atoms with Crippen LogP contribution in [-0.2, 0) is 4.79 Å². The standard InChI is InChI=1S/C17H18N2OS2/c1-10-9-17(2,3)19(4)13-6-5-11(7-12(10)13)8-14-15(20)18-16(21)22-14/h5-9H,1-4H3,(H,18,20,21)/b14-8+. The Labute approximate surface area is 140 Å². The molecule has 5 heteroatoms. The van der Waals surface area contributed by atoms with Crippen LogP contribution in [0.2, 0.25) is 0 Å². The van der Waals surface area contributed by atoms with Crippen LogP contribution >= 0.6 is 24.0 Å². The number of carbonyl (C=O) groups is 1. The predicted molar refractivity (Wildman–Crippen MR) is 98.9 cm³/mol. The van der Waals surface area contributed by atoms with Crippen molar-refractivity contribution in [1.82, 2.24) is 5.32 Å². The minimum atomic E-state index is -0.113. The van der Waals surface area contributed by atoms with E-state index in [1.54, 1.807) is 0 Å². The van der Waals surface area contributed by atoms with E-state index in [1.165, 1.54) is 28.6 Å². The molecule has 0 aliphatic carbocycles. The van der Waals surface area contributed by atoms with Crippen molar-refractivity contribution in [2.45, 2.75) is 26.3 Å². The van der Waals surface area contributed by atoms with E-state index in [0.717, 1.165) is 5.56 Å². The maximum atomic E-state index is 11.8. The minimum absolute atomic E-state index is 0.00441. The summed E-state index contributed by atoms with van der Waals surface area (Å²) in [5.41, 5.74) is 4.71. The highest BCUT2D eigenvalue weighted by molar-refractivity contribution is 8.26. The van der Waals surface area contributed by atoms with Crippen LogP contribution in [0.4, 0.5) is 5.69 Å². The van der Waals surface area contributed by atoms with Gasteiger partial charge in [-0.3, -0.25) is 4.79 Å². The molecule has 1 saturated heterocycles. The summed E-state index contributed by atoms with van der Waals surface area (Å²) in [7, 11) is 2.11. The largest absolute Gasteiger partial charge is 0.366 e. The SMILES string of the molecule is CC1=CC(C)(C)N(C)c2ccc(/C=C3/SC(=S)NC3=O)cc21. The summed E-state index contributed by atoms with van der Waals surface area (Å²) >= 11 is 6.33. The van der Waals surface area contributed by atoms with Crippen molar-refractivity contribution >= 4 is 51.5 Å². The summed E-state index contributed by atoms with van der Waals surface area (Å²) in [5, 5.41) is 2.64. The van der Waals surface area contributed by atoms with Crippen LogP contribution in [0, 0.1) is 0 Å². The van der Waals surface area contributed by atoms with Gasteiger partial charge in [0.05, 0.1) is 10.4 Å². The first-order chi connectivity index (χ1) is 10.3. The van der Waals surface area contributed by atoms with Crippen LogP contribution in [0.1, 0.15) is 31.9 Å². The summed E-state index contributed by atoms with van der Waals surface area (Å²) in [6.45, 7) is 6.54. The lowest BCUT2D eigenvalue weighted by molar-refractivity contribution is -0.115. The average molecular weight is 330 g/mol. The molecule has 1 N–H and O–H groups in total. The van der Waals surface area contributed by atoms with E-state index in [2.05, 4.69) is 56.2 Å². The Morgan fingerprint density at radius 2 is 2.09 bits per heavy atom. The number of thiocarbonyl (C=S) groups is 1. The van der Waals surface area contributed by atoms with E-state index in [1.807, 2.05) is 12.1 Å². The van der Waals surface area contributed by atoms with E-state index in [9.17, 15) is 4.79 Å². The summed E-state index contributed by atoms with van der Waals surface area (Å²) in [5.74, 6) is -0.113. The number of allylic oxidation sites excluding steroid dienone is 1. The molecule has 114 valence electrons. The van der Waals surface area contributed by atoms with E-state index in [4.69, 9.17) is 12.2 Å². The molecule has 22 heavy (non-hydrogen) atoms. The van der Waals surface area contributed by atoms with Crippen molar-refractivity contribution in [2.75, 3.05) is 11.9 Å². The Morgan fingerprint density at radius 3 is 2.73 bits per heavy atom. The molecule has 0 bridgehead atoms. The van der Waals surface area contributed by atoms with Gasteiger partial charge in [0.1, 0.15) is 4.32 Å². The smallest absolute Gasteiger partial charge is 0.263 e. The van der Waals surface area contributed by atoms with E-state index < -0.39 is 0 Å². The molecular weight excluding hydrogens is 312 g/mol. The van der Waals surface area contributed by atoms with Crippen LogP contribution < -0.4 is 10.2 Å². The lowest BCUT2D eigenvalue weighted by Gasteiger charge is -2.40. The van der Waals surface area contributed by atoms with Gasteiger partial charge in [-0.2, -0.15) is 0 Å². The number of rotatable bonds is 1. The number of benzene rings is 1. The maximum absolute atomic E-state index is 11.8. The van der Waals surface area contributed by atoms with Gasteiger partial charge in [0.25, 0.3) is 5.91 Å². The van der Waals surface area contributed by atoms with E-state index in [-0.39, 0.29) is 11.4 Å². The molecule has 3 rings (SSSR count). The molecule has 1 aromatic carbocycles. The fourth-order valence-corrected chi connectivity index (χ4v) is 3.88. The first kappa shape index (κ1) is 15.3. The number of nitrogens with one attached hydrogen (secondary N) is 1. The molecule has 0 spiro atoms. The van der Waals surface area contributed by atoms with E-state index in [0.29, 0.717) is 9.23 Å². The number of amides is 1. The number of hydrogen-bond donors (Lipinski definition) is 1. The Balaban J connectivity index is 2.02. The first-order valence-corrected chi connectivity index (χ1v) is 8.33. The third-order valence-corrected chi connectivity index (χ3v) is 5.34. The van der Waals surface area contributed by atoms with Crippen LogP contribution in [0.3, 0.4) is 0 Å². The first-order valence-electron chi connectivity index (χ1n) is 7.10. The summed E-state index contributed by atoms with van der Waals surface area (Å²) < 4.78 is 0.520. The summed E-state index contributed by atoms with van der Waals surface area (Å²) in [6.07, 6.45) is 4.17. The fraction of sp³-hybridized carbons (Fsp3) is 0.294. The Kier molecular flexibility index (Phi) is 3.65. The van der Waals surface area contributed by atoms with E-state index >= 15 is 0 Å². The van der Waals surface area contributed by atoms with Crippen LogP contribution in [0.25, 0.3) is 11.6 Å². The van der Waals surface area contributed by atoms with Gasteiger partial charge in [-0.25, -0.2) is 0 Å². The van der Waals surface area contributed by atoms with Gasteiger partial charge in [-0.15, -0.1) is 0 Å². The number of fused-ring (bicyclic) bond motifs is 1. The maximum Gasteiger partial charge on any atom is 0.263 e. The summed E-state index contributed by atoms with van der Waals surface area (Å²) in [6, 6.07) is 6.30. The molecule has 1 fully saturated rings. The molecule has 2 heterocycles. The van der Waals surface area contributed by atoms with Gasteiger partial charge in [-0.1, -0.05) is 36.1 Å². The lowest BCUT2D eigenvalue weighted by atomic mass is 9.88. The van der Waals surface area contributed by atoms with Crippen molar-refractivity contribution in [1.29, 1.82) is 0 Å². The summed E-state index contributed by atoms with van der Waals surface area (Å²) in [4.78, 5) is 14.7. The topological polar surface area (TPSA) is 32.3 Å². The van der Waals surface area contributed by atoms with Gasteiger partial charge in [0.15, 0.2) is 0 Å². The third-order valence-electron chi connectivity index (χ3n) is 4.18. The highest BCUT2D eigenvalue weighted by Gasteiger charge is 2.28. The third kappa shape index (κ3) is 2.59. The number of nitrogens with zero attached hydrogens (tertiary/aromatic N) is 1. The van der Waals surface area contributed by atoms with Gasteiger partial charge in [0, 0.05) is 18.3 Å². The minimum Gasteiger partial charge on any atom is -0.366 e. The Bertz CT molecular complexity index is 747. The van der Waals surface area contributed by atoms with Crippen molar-refractivity contribution < 1.29 is 4.79 Å². The molecular formula is C17H18N2OS2. The van der Waals surface area contributed by atoms with Gasteiger partial charge >= 0.3 is 0 Å². The molecule has 1 aromatic rings. The fourth-order valence-electron chi connectivity index (χ4n) is 2.84. The molecule has 0 radical (unpaired) electrons. The van der Waals surface area contributed by atoms with Gasteiger partial charge in [-0.05, 0) is 50.1 Å². The average Bonchev–Trinajstić information content (AvgIpc) is 2.74. The number of hydrogen-bond acceptors (Lipinski definition) is 4. The lowest BCUT2D eigenvalue weighted by Crippen LogP contribution is -2.42. The zero-order valence-electron chi connectivity index (χ0n) is 13.1. The zero-order chi connectivity index (χ0) is 16.1. The number of anilines is 1. The zero-order valence-corrected chi connectivity index (χ0v) is 14.7. The normalized spacial score (nSPS) is 21.7. The quantitative estimate of drug-likeness (QED) is 0.627. The molecule has 0 saturated carbocycles. The molecule has 1 amide bonds. The second-order valence-electron chi connectivity index (χ2n) is 6.17. The second kappa shape index (κ2) is 5.25. The predicted octanol–water partition coefficient (Wildman–Crippen LogP) is 3.81. The Morgan fingerprint density at radius 1 is 1.36 bits per heavy atom. The Hall–Kier alpha value is -1.59. The molecule has 3 nitrogen and oxygen atoms in total. The van der Waals surface area contributed by atoms with Crippen molar-refractivity contribution in [3.05, 3.63) is 40.3 Å². The second-order valence-corrected chi connectivity index (χ2v) is 7.89. The van der Waals surface area contributed by atoms with Crippen molar-refractivity contribution in [3.8, 4) is 0 Å². The molecule has 0 atom stereocenters. The van der Waals surface area contributed by atoms with Crippen LogP contribution in [0.15, 0.2) is 29.2 Å². The molecule has 2 aliphatic heterocycles. The van der Waals surface area contributed by atoms with Gasteiger partial charge in [0.2, 0.25) is 0 Å². The van der Waals surface area contributed by atoms with Crippen LogP contribution in [-0.4, -0.2) is 22.8 Å². The van der Waals surface area contributed by atoms with Crippen LogP contribution in [0.5, 0.6) is 0 Å². The number of likely N-dealkylation sites (N-methyl/N-ethyl adjacent to an activating group) is 1. The molecule has 0 unspecified atom stereocenters. The van der Waals surface area contributed by atoms with Crippen molar-refractivity contribution in [2.24, 2.45) is 0 Å².